The summed E-state index contributed by atoms with van der Waals surface area (Å²) in [5, 5.41) is 18.9. The van der Waals surface area contributed by atoms with Crippen LogP contribution in [0.5, 0.6) is 11.5 Å². The zero-order valence-electron chi connectivity index (χ0n) is 17.3. The van der Waals surface area contributed by atoms with Crippen LogP contribution in [0.1, 0.15) is 37.1 Å². The molecule has 1 aromatic carbocycles. The van der Waals surface area contributed by atoms with Crippen molar-refractivity contribution >= 4 is 10.0 Å². The van der Waals surface area contributed by atoms with Gasteiger partial charge < -0.3 is 14.4 Å². The lowest BCUT2D eigenvalue weighted by molar-refractivity contribution is 0.265. The number of aromatic hydroxyl groups is 1. The number of aromatic nitrogens is 3. The van der Waals surface area contributed by atoms with Crippen LogP contribution < -0.4 is 9.46 Å². The molecule has 29 heavy (non-hydrogen) atoms. The van der Waals surface area contributed by atoms with Crippen molar-refractivity contribution in [2.45, 2.75) is 39.4 Å². The van der Waals surface area contributed by atoms with Crippen LogP contribution in [-0.4, -0.2) is 59.6 Å². The van der Waals surface area contributed by atoms with Gasteiger partial charge in [0.2, 0.25) is 10.0 Å². The second-order valence-corrected chi connectivity index (χ2v) is 9.54. The molecule has 3 rings (SSSR count). The predicted molar refractivity (Wildman–Crippen MR) is 109 cm³/mol. The molecular weight excluding hydrogens is 394 g/mol. The van der Waals surface area contributed by atoms with Gasteiger partial charge in [-0.1, -0.05) is 19.9 Å². The van der Waals surface area contributed by atoms with Gasteiger partial charge in [-0.2, -0.15) is 0 Å². The fraction of sp³-hybridized carbons (Fsp3) is 0.579. The maximum absolute atomic E-state index is 11.8. The molecular formula is C19H29N5O4S. The molecule has 1 aliphatic rings. The average molecular weight is 424 g/mol. The quantitative estimate of drug-likeness (QED) is 0.691. The Bertz CT molecular complexity index is 958. The second kappa shape index (κ2) is 8.68. The van der Waals surface area contributed by atoms with Crippen LogP contribution in [-0.2, 0) is 29.5 Å². The number of phenols is 1. The number of sulfonamides is 1. The van der Waals surface area contributed by atoms with E-state index < -0.39 is 16.1 Å². The normalized spacial score (nSPS) is 16.4. The SMILES string of the molecule is COc1ccc(CN2CCc3nnc(C(NS(C)(=O)=O)C(C)C)n3CC2)c(O)c1. The van der Waals surface area contributed by atoms with Gasteiger partial charge in [-0.25, -0.2) is 13.1 Å². The highest BCUT2D eigenvalue weighted by Gasteiger charge is 2.28. The molecule has 0 aliphatic carbocycles. The lowest BCUT2D eigenvalue weighted by atomic mass is 10.1. The molecule has 2 aromatic rings. The smallest absolute Gasteiger partial charge is 0.209 e. The molecule has 1 atom stereocenters. The van der Waals surface area contributed by atoms with Crippen LogP contribution in [0.25, 0.3) is 0 Å². The summed E-state index contributed by atoms with van der Waals surface area (Å²) in [4.78, 5) is 2.24. The van der Waals surface area contributed by atoms with Gasteiger partial charge in [-0.15, -0.1) is 10.2 Å². The lowest BCUT2D eigenvalue weighted by Gasteiger charge is -2.23. The van der Waals surface area contributed by atoms with Gasteiger partial charge in [0, 0.05) is 44.2 Å². The summed E-state index contributed by atoms with van der Waals surface area (Å²) in [6.07, 6.45) is 1.86. The molecule has 0 radical (unpaired) electrons. The van der Waals surface area contributed by atoms with Crippen LogP contribution in [0.2, 0.25) is 0 Å². The standard InChI is InChI=1S/C19H29N5O4S/c1-13(2)18(22-29(4,26)27)19-21-20-17-7-8-23(9-10-24(17)19)12-14-5-6-15(28-3)11-16(14)25/h5-6,11,13,18,22,25H,7-10,12H2,1-4H3. The average Bonchev–Trinajstić information content (AvgIpc) is 2.94. The minimum atomic E-state index is -3.37. The second-order valence-electron chi connectivity index (χ2n) is 7.76. The van der Waals surface area contributed by atoms with Gasteiger partial charge in [-0.05, 0) is 12.0 Å². The number of benzene rings is 1. The zero-order valence-corrected chi connectivity index (χ0v) is 18.1. The number of rotatable bonds is 7. The summed E-state index contributed by atoms with van der Waals surface area (Å²) < 4.78 is 33.5. The monoisotopic (exact) mass is 423 g/mol. The molecule has 10 heteroatoms. The Morgan fingerprint density at radius 3 is 2.62 bits per heavy atom. The Hall–Kier alpha value is -2.17. The molecule has 2 N–H and O–H groups in total. The molecule has 0 bridgehead atoms. The van der Waals surface area contributed by atoms with Crippen LogP contribution in [0.15, 0.2) is 18.2 Å². The zero-order chi connectivity index (χ0) is 21.2. The van der Waals surface area contributed by atoms with Crippen molar-refractivity contribution in [1.29, 1.82) is 0 Å². The third-order valence-corrected chi connectivity index (χ3v) is 5.80. The van der Waals surface area contributed by atoms with Crippen molar-refractivity contribution in [2.24, 2.45) is 5.92 Å². The minimum absolute atomic E-state index is 0.0358. The van der Waals surface area contributed by atoms with E-state index in [0.29, 0.717) is 31.1 Å². The fourth-order valence-electron chi connectivity index (χ4n) is 3.54. The maximum Gasteiger partial charge on any atom is 0.209 e. The van der Waals surface area contributed by atoms with Gasteiger partial charge in [0.15, 0.2) is 5.82 Å². The molecule has 0 amide bonds. The van der Waals surface area contributed by atoms with Crippen LogP contribution in [0.4, 0.5) is 0 Å². The highest BCUT2D eigenvalue weighted by atomic mass is 32.2. The van der Waals surface area contributed by atoms with Crippen molar-refractivity contribution in [3.8, 4) is 11.5 Å². The van der Waals surface area contributed by atoms with Gasteiger partial charge in [0.25, 0.3) is 0 Å². The van der Waals surface area contributed by atoms with Gasteiger partial charge in [0.1, 0.15) is 17.3 Å². The van der Waals surface area contributed by atoms with Crippen LogP contribution in [0.3, 0.4) is 0 Å². The predicted octanol–water partition coefficient (Wildman–Crippen LogP) is 1.30. The minimum Gasteiger partial charge on any atom is -0.507 e. The van der Waals surface area contributed by atoms with Crippen molar-refractivity contribution in [2.75, 3.05) is 26.5 Å². The van der Waals surface area contributed by atoms with E-state index in [0.717, 1.165) is 30.7 Å². The molecule has 0 spiro atoms. The summed E-state index contributed by atoms with van der Waals surface area (Å²) in [6.45, 7) is 6.70. The molecule has 2 heterocycles. The molecule has 9 nitrogen and oxygen atoms in total. The largest absolute Gasteiger partial charge is 0.507 e. The summed E-state index contributed by atoms with van der Waals surface area (Å²) in [6, 6.07) is 4.90. The van der Waals surface area contributed by atoms with E-state index in [4.69, 9.17) is 4.74 Å². The van der Waals surface area contributed by atoms with Crippen LogP contribution in [0, 0.1) is 5.92 Å². The molecule has 160 valence electrons. The highest BCUT2D eigenvalue weighted by molar-refractivity contribution is 7.88. The van der Waals surface area contributed by atoms with Crippen molar-refractivity contribution in [1.82, 2.24) is 24.4 Å². The van der Waals surface area contributed by atoms with Crippen molar-refractivity contribution < 1.29 is 18.3 Å². The summed E-state index contributed by atoms with van der Waals surface area (Å²) >= 11 is 0. The fourth-order valence-corrected chi connectivity index (χ4v) is 4.38. The molecule has 1 aromatic heterocycles. The van der Waals surface area contributed by atoms with E-state index in [1.165, 1.54) is 0 Å². The first-order valence-electron chi connectivity index (χ1n) is 9.65. The number of ether oxygens (including phenoxy) is 1. The lowest BCUT2D eigenvalue weighted by Crippen LogP contribution is -2.33. The summed E-state index contributed by atoms with van der Waals surface area (Å²) in [7, 11) is -1.80. The molecule has 1 unspecified atom stereocenters. The number of hydrogen-bond donors (Lipinski definition) is 2. The topological polar surface area (TPSA) is 110 Å². The number of methoxy groups -OCH3 is 1. The molecule has 0 saturated heterocycles. The third kappa shape index (κ3) is 5.26. The Balaban J connectivity index is 1.75. The number of fused-ring (bicyclic) bond motifs is 1. The molecule has 1 aliphatic heterocycles. The first-order chi connectivity index (χ1) is 13.7. The van der Waals surface area contributed by atoms with E-state index in [9.17, 15) is 13.5 Å². The van der Waals surface area contributed by atoms with E-state index in [1.807, 2.05) is 30.5 Å². The summed E-state index contributed by atoms with van der Waals surface area (Å²) in [5.41, 5.74) is 0.836. The van der Waals surface area contributed by atoms with Gasteiger partial charge >= 0.3 is 0 Å². The summed E-state index contributed by atoms with van der Waals surface area (Å²) in [5.74, 6) is 2.37. The van der Waals surface area contributed by atoms with E-state index >= 15 is 0 Å². The number of phenolic OH excluding ortho intramolecular Hbond substituents is 1. The van der Waals surface area contributed by atoms with Gasteiger partial charge in [-0.3, -0.25) is 4.90 Å². The Morgan fingerprint density at radius 1 is 1.24 bits per heavy atom. The molecule has 0 saturated carbocycles. The molecule has 0 fully saturated rings. The number of nitrogens with one attached hydrogen (secondary N) is 1. The Labute approximate surface area is 171 Å². The number of nitrogens with zero attached hydrogens (tertiary/aromatic N) is 4. The van der Waals surface area contributed by atoms with Crippen LogP contribution >= 0.6 is 0 Å². The maximum atomic E-state index is 11.8. The third-order valence-electron chi connectivity index (χ3n) is 5.12. The van der Waals surface area contributed by atoms with E-state index in [1.54, 1.807) is 13.2 Å². The Kier molecular flexibility index (Phi) is 6.45. The number of hydrogen-bond acceptors (Lipinski definition) is 7. The van der Waals surface area contributed by atoms with E-state index in [2.05, 4.69) is 19.8 Å². The van der Waals surface area contributed by atoms with Gasteiger partial charge in [0.05, 0.1) is 19.4 Å². The first kappa shape index (κ1) is 21.5. The Morgan fingerprint density at radius 2 is 2.00 bits per heavy atom. The van der Waals surface area contributed by atoms with Crippen molar-refractivity contribution in [3.63, 3.8) is 0 Å². The van der Waals surface area contributed by atoms with E-state index in [-0.39, 0.29) is 11.7 Å². The first-order valence-corrected chi connectivity index (χ1v) is 11.5. The highest BCUT2D eigenvalue weighted by Crippen LogP contribution is 2.26. The van der Waals surface area contributed by atoms with Crippen molar-refractivity contribution in [3.05, 3.63) is 35.4 Å².